The third-order valence-electron chi connectivity index (χ3n) is 2.07. The Morgan fingerprint density at radius 3 is 1.80 bits per heavy atom. The lowest BCUT2D eigenvalue weighted by atomic mass is 10.1. The first kappa shape index (κ1) is 18.3. The molecule has 0 saturated carbocycles. The molecule has 0 aliphatic carbocycles. The smallest absolute Gasteiger partial charge is 0.190 e. The van der Waals surface area contributed by atoms with Crippen LogP contribution in [0.25, 0.3) is 0 Å². The summed E-state index contributed by atoms with van der Waals surface area (Å²) in [4.78, 5) is 2.21. The number of hydrogen-bond donors (Lipinski definition) is 0. The van der Waals surface area contributed by atoms with E-state index in [-0.39, 0.29) is 8.41 Å². The minimum atomic E-state index is -1.05. The van der Waals surface area contributed by atoms with Crippen LogP contribution in [0.2, 0.25) is 0 Å². The van der Waals surface area contributed by atoms with E-state index in [1.54, 1.807) is 0 Å². The van der Waals surface area contributed by atoms with Crippen molar-refractivity contribution in [3.63, 3.8) is 0 Å². The van der Waals surface area contributed by atoms with Gasteiger partial charge >= 0.3 is 0 Å². The highest BCUT2D eigenvalue weighted by Crippen LogP contribution is 2.32. The Labute approximate surface area is 111 Å². The Morgan fingerprint density at radius 1 is 0.867 bits per heavy atom. The Balaban J connectivity index is 0. The van der Waals surface area contributed by atoms with Crippen molar-refractivity contribution in [2.24, 2.45) is 0 Å². The van der Waals surface area contributed by atoms with Crippen molar-refractivity contribution in [3.05, 3.63) is 0 Å². The molecule has 0 amide bonds. The Hall–Kier alpha value is 0.895. The van der Waals surface area contributed by atoms with Gasteiger partial charge in [0.2, 0.25) is 0 Å². The highest BCUT2D eigenvalue weighted by atomic mass is 35.6. The van der Waals surface area contributed by atoms with Crippen LogP contribution in [0.5, 0.6) is 0 Å². The average Bonchev–Trinajstić information content (AvgIpc) is 2.00. The van der Waals surface area contributed by atoms with Crippen LogP contribution >= 0.6 is 34.8 Å². The summed E-state index contributed by atoms with van der Waals surface area (Å²) in [7, 11) is 4.20. The molecule has 0 aliphatic heterocycles. The molecule has 0 aromatic carbocycles. The number of unbranched alkanes of at least 4 members (excludes halogenated alkanes) is 4. The molecule has 15 heavy (non-hydrogen) atoms. The maximum atomic E-state index is 5.64. The molecule has 0 N–H and O–H groups in total. The summed E-state index contributed by atoms with van der Waals surface area (Å²) in [6.07, 6.45) is 6.64. The SMILES string of the molecule is CN(C)CCCCCCCC(Cl)(Cl)Cl.[B]. The van der Waals surface area contributed by atoms with E-state index in [0.717, 1.165) is 6.42 Å². The summed E-state index contributed by atoms with van der Waals surface area (Å²) in [5.74, 6) is 0. The van der Waals surface area contributed by atoms with Crippen LogP contribution in [-0.2, 0) is 0 Å². The van der Waals surface area contributed by atoms with E-state index in [9.17, 15) is 0 Å². The van der Waals surface area contributed by atoms with E-state index in [1.807, 2.05) is 0 Å². The fraction of sp³-hybridized carbons (Fsp3) is 1.00. The Kier molecular flexibility index (Phi) is 12.3. The number of rotatable bonds is 7. The van der Waals surface area contributed by atoms with Gasteiger partial charge in [-0.05, 0) is 39.9 Å². The van der Waals surface area contributed by atoms with Crippen LogP contribution in [0.1, 0.15) is 38.5 Å². The molecular weight excluding hydrogens is 251 g/mol. The molecule has 89 valence electrons. The van der Waals surface area contributed by atoms with Crippen LogP contribution in [-0.4, -0.2) is 37.7 Å². The average molecular weight is 271 g/mol. The molecule has 0 atom stereocenters. The Bertz CT molecular complexity index is 137. The minimum absolute atomic E-state index is 0. The van der Waals surface area contributed by atoms with Crippen molar-refractivity contribution in [1.29, 1.82) is 0 Å². The number of halogens is 3. The van der Waals surface area contributed by atoms with E-state index in [1.165, 1.54) is 32.2 Å². The van der Waals surface area contributed by atoms with Gasteiger partial charge in [-0.2, -0.15) is 0 Å². The maximum absolute atomic E-state index is 5.64. The van der Waals surface area contributed by atoms with Crippen LogP contribution in [0, 0.1) is 0 Å². The lowest BCUT2D eigenvalue weighted by Crippen LogP contribution is -2.12. The predicted octanol–water partition coefficient (Wildman–Crippen LogP) is 3.88. The van der Waals surface area contributed by atoms with Gasteiger partial charge in [-0.1, -0.05) is 54.1 Å². The molecule has 3 radical (unpaired) electrons. The summed E-state index contributed by atoms with van der Waals surface area (Å²) in [5.41, 5.74) is 0. The van der Waals surface area contributed by atoms with E-state index < -0.39 is 3.79 Å². The van der Waals surface area contributed by atoms with Gasteiger partial charge in [0.15, 0.2) is 3.79 Å². The third kappa shape index (κ3) is 17.5. The highest BCUT2D eigenvalue weighted by molar-refractivity contribution is 6.67. The molecule has 0 saturated heterocycles. The predicted molar refractivity (Wildman–Crippen MR) is 72.3 cm³/mol. The van der Waals surface area contributed by atoms with Gasteiger partial charge < -0.3 is 4.90 Å². The van der Waals surface area contributed by atoms with Crippen molar-refractivity contribution in [1.82, 2.24) is 4.90 Å². The van der Waals surface area contributed by atoms with Gasteiger partial charge in [0.05, 0.1) is 0 Å². The van der Waals surface area contributed by atoms with E-state index in [2.05, 4.69) is 19.0 Å². The lowest BCUT2D eigenvalue weighted by Gasteiger charge is -2.10. The first-order valence-electron chi connectivity index (χ1n) is 5.13. The molecular formula is C10H20BCl3N. The number of alkyl halides is 3. The molecule has 0 heterocycles. The van der Waals surface area contributed by atoms with Crippen molar-refractivity contribution in [2.45, 2.75) is 42.3 Å². The van der Waals surface area contributed by atoms with E-state index in [0.29, 0.717) is 6.42 Å². The fourth-order valence-electron chi connectivity index (χ4n) is 1.28. The van der Waals surface area contributed by atoms with Crippen LogP contribution in [0.4, 0.5) is 0 Å². The van der Waals surface area contributed by atoms with Gasteiger partial charge in [-0.25, -0.2) is 0 Å². The topological polar surface area (TPSA) is 3.24 Å². The summed E-state index contributed by atoms with van der Waals surface area (Å²) in [5, 5.41) is 0. The van der Waals surface area contributed by atoms with Gasteiger partial charge in [-0.15, -0.1) is 0 Å². The fourth-order valence-corrected chi connectivity index (χ4v) is 1.68. The third-order valence-corrected chi connectivity index (χ3v) is 2.63. The molecule has 0 aromatic rings. The summed E-state index contributed by atoms with van der Waals surface area (Å²) in [6.45, 7) is 1.17. The molecule has 0 fully saturated rings. The van der Waals surface area contributed by atoms with Gasteiger partial charge in [0.25, 0.3) is 0 Å². The van der Waals surface area contributed by atoms with Crippen LogP contribution in [0.15, 0.2) is 0 Å². The van der Waals surface area contributed by atoms with E-state index in [4.69, 9.17) is 34.8 Å². The van der Waals surface area contributed by atoms with Gasteiger partial charge in [0.1, 0.15) is 0 Å². The quantitative estimate of drug-likeness (QED) is 0.386. The number of nitrogens with zero attached hydrogens (tertiary/aromatic N) is 1. The lowest BCUT2D eigenvalue weighted by molar-refractivity contribution is 0.389. The van der Waals surface area contributed by atoms with E-state index >= 15 is 0 Å². The zero-order valence-corrected chi connectivity index (χ0v) is 11.9. The Morgan fingerprint density at radius 2 is 1.33 bits per heavy atom. The zero-order chi connectivity index (χ0) is 11.0. The van der Waals surface area contributed by atoms with Crippen molar-refractivity contribution in [2.75, 3.05) is 20.6 Å². The second-order valence-corrected chi connectivity index (χ2v) is 6.45. The monoisotopic (exact) mass is 270 g/mol. The molecule has 1 nitrogen and oxygen atoms in total. The molecule has 0 aliphatic rings. The van der Waals surface area contributed by atoms with Gasteiger partial charge in [-0.3, -0.25) is 0 Å². The molecule has 5 heteroatoms. The molecule has 0 unspecified atom stereocenters. The first-order valence-corrected chi connectivity index (χ1v) is 6.27. The molecule has 0 bridgehead atoms. The summed E-state index contributed by atoms with van der Waals surface area (Å²) >= 11 is 16.9. The second kappa shape index (κ2) is 10.1. The minimum Gasteiger partial charge on any atom is -0.309 e. The largest absolute Gasteiger partial charge is 0.309 e. The van der Waals surface area contributed by atoms with Crippen LogP contribution < -0.4 is 0 Å². The molecule has 0 spiro atoms. The van der Waals surface area contributed by atoms with Crippen LogP contribution in [0.3, 0.4) is 0 Å². The van der Waals surface area contributed by atoms with Crippen molar-refractivity contribution in [3.8, 4) is 0 Å². The standard InChI is InChI=1S/C10H20Cl3N.B/c1-14(2)9-7-5-3-4-6-8-10(11,12)13;/h3-9H2,1-2H3;. The molecule has 0 aromatic heterocycles. The van der Waals surface area contributed by atoms with Crippen molar-refractivity contribution < 1.29 is 0 Å². The zero-order valence-electron chi connectivity index (χ0n) is 9.61. The van der Waals surface area contributed by atoms with Crippen molar-refractivity contribution >= 4 is 43.2 Å². The van der Waals surface area contributed by atoms with Gasteiger partial charge in [0, 0.05) is 8.41 Å². The summed E-state index contributed by atoms with van der Waals surface area (Å²) in [6, 6.07) is 0. The first-order chi connectivity index (χ1) is 6.42. The number of hydrogen-bond acceptors (Lipinski definition) is 1. The second-order valence-electron chi connectivity index (χ2n) is 3.94. The highest BCUT2D eigenvalue weighted by Gasteiger charge is 2.17. The maximum Gasteiger partial charge on any atom is 0.190 e. The normalized spacial score (nSPS) is 11.6. The summed E-state index contributed by atoms with van der Waals surface area (Å²) < 4.78 is -1.05. The molecule has 0 rings (SSSR count).